The minimum absolute atomic E-state index is 0.304. The van der Waals surface area contributed by atoms with Crippen LogP contribution in [0.15, 0.2) is 60.7 Å². The molecule has 0 N–H and O–H groups in total. The van der Waals surface area contributed by atoms with Crippen molar-refractivity contribution in [2.45, 2.75) is 35.9 Å². The molecule has 1 fully saturated rings. The summed E-state index contributed by atoms with van der Waals surface area (Å²) in [5.74, 6) is 0. The van der Waals surface area contributed by atoms with Gasteiger partial charge in [0.15, 0.2) is 0 Å². The van der Waals surface area contributed by atoms with E-state index in [-0.39, 0.29) is 0 Å². The van der Waals surface area contributed by atoms with Crippen molar-refractivity contribution in [1.82, 2.24) is 0 Å². The van der Waals surface area contributed by atoms with Crippen LogP contribution in [-0.4, -0.2) is 43.0 Å². The van der Waals surface area contributed by atoms with Crippen molar-refractivity contribution in [2.75, 3.05) is 7.11 Å². The first-order valence-corrected chi connectivity index (χ1v) is 11.1. The fourth-order valence-electron chi connectivity index (χ4n) is 3.99. The Labute approximate surface area is 188 Å². The van der Waals surface area contributed by atoms with Gasteiger partial charge in [0.25, 0.3) is 0 Å². The number of hydrogen-bond acceptors (Lipinski definition) is 3. The Morgan fingerprint density at radius 3 is 1.00 bits per heavy atom. The van der Waals surface area contributed by atoms with Gasteiger partial charge in [0, 0.05) is 0 Å². The van der Waals surface area contributed by atoms with E-state index in [0.29, 0.717) is 31.4 Å². The molecule has 1 heterocycles. The fourth-order valence-corrected chi connectivity index (χ4v) is 8.35. The van der Waals surface area contributed by atoms with Gasteiger partial charge in [-0.15, -0.1) is 0 Å². The van der Waals surface area contributed by atoms with E-state index in [1.54, 1.807) is 0 Å². The van der Waals surface area contributed by atoms with E-state index < -0.39 is 53.8 Å². The van der Waals surface area contributed by atoms with Crippen LogP contribution in [0.3, 0.4) is 0 Å². The maximum atomic E-state index is 14.2. The van der Waals surface area contributed by atoms with Gasteiger partial charge in [0.2, 0.25) is 0 Å². The number of hydrogen-bond donors (Lipinski definition) is 0. The summed E-state index contributed by atoms with van der Waals surface area (Å²) in [4.78, 5) is 0. The van der Waals surface area contributed by atoms with E-state index in [1.807, 2.05) is 0 Å². The van der Waals surface area contributed by atoms with Crippen molar-refractivity contribution in [3.8, 4) is 0 Å². The van der Waals surface area contributed by atoms with Crippen molar-refractivity contribution in [1.29, 1.82) is 0 Å². The molecule has 0 radical (unpaired) electrons. The maximum absolute atomic E-state index is 14.2. The minimum atomic E-state index is -7.36. The SMILES string of the molecule is COP1(c2ccccc2)(c2ccccc2)OC(C(F)(F)F)(C(F)(F)F)C(C(F)(F)F)(C(F)(F)F)O1. The van der Waals surface area contributed by atoms with E-state index >= 15 is 0 Å². The Balaban J connectivity index is 2.72. The second-order valence-electron chi connectivity index (χ2n) is 7.27. The molecule has 0 saturated carbocycles. The first kappa shape index (κ1) is 27.5. The molecule has 0 spiro atoms. The van der Waals surface area contributed by atoms with Crippen molar-refractivity contribution in [3.05, 3.63) is 60.7 Å². The first-order valence-electron chi connectivity index (χ1n) is 9.15. The molecule has 35 heavy (non-hydrogen) atoms. The van der Waals surface area contributed by atoms with Crippen molar-refractivity contribution in [2.24, 2.45) is 0 Å². The molecule has 1 aliphatic heterocycles. The van der Waals surface area contributed by atoms with E-state index in [0.717, 1.165) is 36.4 Å². The van der Waals surface area contributed by atoms with E-state index in [9.17, 15) is 52.7 Å². The molecule has 0 unspecified atom stereocenters. The van der Waals surface area contributed by atoms with Crippen LogP contribution in [0.25, 0.3) is 0 Å². The molecule has 3 rings (SSSR count). The number of halogens is 12. The van der Waals surface area contributed by atoms with Gasteiger partial charge in [0.05, 0.1) is 0 Å². The summed E-state index contributed by atoms with van der Waals surface area (Å²) < 4.78 is 184. The van der Waals surface area contributed by atoms with Crippen molar-refractivity contribution < 1.29 is 66.3 Å². The molecule has 16 heteroatoms. The molecule has 1 saturated heterocycles. The van der Waals surface area contributed by atoms with Gasteiger partial charge >= 0.3 is 188 Å². The zero-order chi connectivity index (χ0) is 26.8. The van der Waals surface area contributed by atoms with Crippen LogP contribution in [0.4, 0.5) is 52.7 Å². The van der Waals surface area contributed by atoms with Crippen molar-refractivity contribution >= 4 is 17.9 Å². The molecular weight excluding hydrogens is 535 g/mol. The van der Waals surface area contributed by atoms with Gasteiger partial charge < -0.3 is 0 Å². The van der Waals surface area contributed by atoms with Gasteiger partial charge in [-0.25, -0.2) is 0 Å². The summed E-state index contributed by atoms with van der Waals surface area (Å²) in [7, 11) is -6.72. The van der Waals surface area contributed by atoms with Gasteiger partial charge in [-0.05, 0) is 0 Å². The summed E-state index contributed by atoms with van der Waals surface area (Å²) in [5.41, 5.74) is -14.0. The van der Waals surface area contributed by atoms with Crippen LogP contribution >= 0.6 is 7.28 Å². The molecule has 0 amide bonds. The predicted molar refractivity (Wildman–Crippen MR) is 97.9 cm³/mol. The average molecular weight is 548 g/mol. The number of rotatable bonds is 3. The Morgan fingerprint density at radius 1 is 0.543 bits per heavy atom. The molecule has 0 atom stereocenters. The molecule has 1 aliphatic rings. The summed E-state index contributed by atoms with van der Waals surface area (Å²) in [5, 5.41) is -2.08. The summed E-state index contributed by atoms with van der Waals surface area (Å²) in [6.07, 6.45) is -29.5. The molecule has 2 aromatic carbocycles. The van der Waals surface area contributed by atoms with E-state index in [1.165, 1.54) is 0 Å². The fraction of sp³-hybridized carbons (Fsp3) is 0.368. The standard InChI is InChI=1S/C19H13F12O3P/c1-32-35(12-8-4-2-5-9-12,13-10-6-3-7-11-13)33-14(16(20,21)22,17(23,24)25)15(34-35,18(26,27)28)19(29,30)31/h2-11H,1H3. The van der Waals surface area contributed by atoms with Gasteiger partial charge in [0.1, 0.15) is 0 Å². The quantitative estimate of drug-likeness (QED) is 0.331. The molecule has 0 aliphatic carbocycles. The van der Waals surface area contributed by atoms with Crippen LogP contribution in [0.1, 0.15) is 0 Å². The molecule has 0 aromatic heterocycles. The normalized spacial score (nSPS) is 22.8. The third-order valence-electron chi connectivity index (χ3n) is 5.43. The second kappa shape index (κ2) is 7.70. The van der Waals surface area contributed by atoms with Crippen LogP contribution in [0.2, 0.25) is 0 Å². The third kappa shape index (κ3) is 3.31. The first-order chi connectivity index (χ1) is 15.8. The number of alkyl halides is 12. The van der Waals surface area contributed by atoms with Gasteiger partial charge in [-0.2, -0.15) is 0 Å². The summed E-state index contributed by atoms with van der Waals surface area (Å²) in [6, 6.07) is 8.62. The zero-order valence-electron chi connectivity index (χ0n) is 17.0. The topological polar surface area (TPSA) is 27.7 Å². The molecule has 0 bridgehead atoms. The van der Waals surface area contributed by atoms with Gasteiger partial charge in [-0.1, -0.05) is 0 Å². The second-order valence-corrected chi connectivity index (χ2v) is 10.8. The van der Waals surface area contributed by atoms with Crippen molar-refractivity contribution in [3.63, 3.8) is 0 Å². The Bertz CT molecular complexity index is 949. The molecular formula is C19H13F12O3P. The van der Waals surface area contributed by atoms with E-state index in [2.05, 4.69) is 9.05 Å². The average Bonchev–Trinajstić information content (AvgIpc) is 3.09. The summed E-state index contributed by atoms with van der Waals surface area (Å²) in [6.45, 7) is 0. The van der Waals surface area contributed by atoms with E-state index in [4.69, 9.17) is 4.52 Å². The number of benzene rings is 2. The molecule has 196 valence electrons. The van der Waals surface area contributed by atoms with Crippen LogP contribution in [-0.2, 0) is 13.6 Å². The monoisotopic (exact) mass is 548 g/mol. The summed E-state index contributed by atoms with van der Waals surface area (Å²) >= 11 is 0. The Hall–Kier alpha value is -2.09. The van der Waals surface area contributed by atoms with Crippen LogP contribution < -0.4 is 10.6 Å². The van der Waals surface area contributed by atoms with Gasteiger partial charge in [-0.3, -0.25) is 0 Å². The molecule has 2 aromatic rings. The van der Waals surface area contributed by atoms with Crippen LogP contribution in [0, 0.1) is 0 Å². The van der Waals surface area contributed by atoms with Crippen LogP contribution in [0.5, 0.6) is 0 Å². The Morgan fingerprint density at radius 2 is 0.800 bits per heavy atom. The molecule has 3 nitrogen and oxygen atoms in total. The third-order valence-corrected chi connectivity index (χ3v) is 9.68. The zero-order valence-corrected chi connectivity index (χ0v) is 17.9. The predicted octanol–water partition coefficient (Wildman–Crippen LogP) is 6.36. The Kier molecular flexibility index (Phi) is 6.05.